The molecule has 0 saturated carbocycles. The lowest BCUT2D eigenvalue weighted by Gasteiger charge is -2.25. The van der Waals surface area contributed by atoms with Crippen molar-refractivity contribution < 1.29 is 14.3 Å². The van der Waals surface area contributed by atoms with Gasteiger partial charge in [0.15, 0.2) is 5.75 Å². The molecule has 1 N–H and O–H groups in total. The van der Waals surface area contributed by atoms with E-state index < -0.39 is 0 Å². The van der Waals surface area contributed by atoms with E-state index in [1.165, 1.54) is 10.8 Å². The number of morpholine rings is 1. The van der Waals surface area contributed by atoms with Crippen molar-refractivity contribution in [1.82, 2.24) is 10.3 Å². The molecule has 3 aromatic rings. The van der Waals surface area contributed by atoms with Gasteiger partial charge in [-0.05, 0) is 56.0 Å². The summed E-state index contributed by atoms with van der Waals surface area (Å²) in [5.41, 5.74) is 4.35. The normalized spacial score (nSPS) is 14.7. The molecule has 0 aromatic heterocycles. The van der Waals surface area contributed by atoms with Gasteiger partial charge in [-0.2, -0.15) is 5.10 Å². The summed E-state index contributed by atoms with van der Waals surface area (Å²) in [6, 6.07) is 18.0. The highest BCUT2D eigenvalue weighted by Gasteiger charge is 2.14. The molecule has 32 heavy (non-hydrogen) atoms. The summed E-state index contributed by atoms with van der Waals surface area (Å²) in [7, 11) is 0. The zero-order valence-electron chi connectivity index (χ0n) is 17.4. The zero-order valence-corrected chi connectivity index (χ0v) is 19.7. The smallest absolute Gasteiger partial charge is 0.254 e. The molecule has 4 rings (SSSR count). The van der Waals surface area contributed by atoms with Gasteiger partial charge in [-0.1, -0.05) is 48.0 Å². The van der Waals surface area contributed by atoms with E-state index in [0.29, 0.717) is 41.6 Å². The number of benzene rings is 3. The number of fused-ring (bicyclic) bond motifs is 1. The van der Waals surface area contributed by atoms with E-state index in [1.54, 1.807) is 12.3 Å². The summed E-state index contributed by atoms with van der Waals surface area (Å²) >= 11 is 9.96. The Labute approximate surface area is 200 Å². The van der Waals surface area contributed by atoms with Crippen LogP contribution in [0.3, 0.4) is 0 Å². The number of ether oxygens (including phenoxy) is 2. The molecule has 1 fully saturated rings. The van der Waals surface area contributed by atoms with Crippen LogP contribution in [0.2, 0.25) is 5.02 Å². The third-order valence-corrected chi connectivity index (χ3v) is 5.96. The average Bonchev–Trinajstić information content (AvgIpc) is 2.79. The third kappa shape index (κ3) is 6.07. The van der Waals surface area contributed by atoms with E-state index in [2.05, 4.69) is 50.7 Å². The predicted molar refractivity (Wildman–Crippen MR) is 130 cm³/mol. The molecule has 1 aliphatic rings. The molecule has 1 amide bonds. The van der Waals surface area contributed by atoms with Gasteiger partial charge in [-0.3, -0.25) is 9.69 Å². The van der Waals surface area contributed by atoms with E-state index in [1.807, 2.05) is 29.2 Å². The summed E-state index contributed by atoms with van der Waals surface area (Å²) in [5.74, 6) is 0.400. The Kier molecular flexibility index (Phi) is 7.76. The highest BCUT2D eigenvalue weighted by atomic mass is 79.9. The molecular formula is C24H23BrClN3O3. The Morgan fingerprint density at radius 1 is 1.16 bits per heavy atom. The van der Waals surface area contributed by atoms with E-state index >= 15 is 0 Å². The van der Waals surface area contributed by atoms with Gasteiger partial charge in [0.2, 0.25) is 0 Å². The standard InChI is InChI=1S/C24H23BrClN3O3/c25-21-12-18(14-27-28-23(30)15-29-7-9-31-10-8-29)13-22(26)24(21)32-16-17-5-6-19-3-1-2-4-20(19)11-17/h1-6,11-14H,7-10,15-16H2,(H,28,30)/b27-14+. The van der Waals surface area contributed by atoms with Crippen LogP contribution >= 0.6 is 27.5 Å². The first kappa shape index (κ1) is 22.7. The quantitative estimate of drug-likeness (QED) is 0.368. The fraction of sp³-hybridized carbons (Fsp3) is 0.250. The minimum absolute atomic E-state index is 0.163. The van der Waals surface area contributed by atoms with E-state index in [0.717, 1.165) is 24.2 Å². The van der Waals surface area contributed by atoms with Crippen molar-refractivity contribution >= 4 is 50.4 Å². The van der Waals surface area contributed by atoms with Crippen molar-refractivity contribution in [2.45, 2.75) is 6.61 Å². The van der Waals surface area contributed by atoms with Gasteiger partial charge >= 0.3 is 0 Å². The fourth-order valence-electron chi connectivity index (χ4n) is 3.45. The number of rotatable bonds is 7. The second-order valence-electron chi connectivity index (χ2n) is 7.47. The van der Waals surface area contributed by atoms with Gasteiger partial charge in [0, 0.05) is 13.1 Å². The number of nitrogens with zero attached hydrogens (tertiary/aromatic N) is 2. The largest absolute Gasteiger partial charge is 0.486 e. The molecule has 1 aliphatic heterocycles. The number of hydrazone groups is 1. The second-order valence-corrected chi connectivity index (χ2v) is 8.73. The molecule has 1 heterocycles. The number of carbonyl (C=O) groups is 1. The highest BCUT2D eigenvalue weighted by molar-refractivity contribution is 9.10. The van der Waals surface area contributed by atoms with E-state index in [9.17, 15) is 4.79 Å². The summed E-state index contributed by atoms with van der Waals surface area (Å²) in [6.07, 6.45) is 1.56. The van der Waals surface area contributed by atoms with Crippen molar-refractivity contribution in [2.75, 3.05) is 32.8 Å². The molecule has 0 spiro atoms. The summed E-state index contributed by atoms with van der Waals surface area (Å²) in [6.45, 7) is 3.50. The van der Waals surface area contributed by atoms with Crippen molar-refractivity contribution in [1.29, 1.82) is 0 Å². The Morgan fingerprint density at radius 3 is 2.72 bits per heavy atom. The van der Waals surface area contributed by atoms with Crippen molar-refractivity contribution in [3.05, 3.63) is 75.2 Å². The Balaban J connectivity index is 1.34. The number of hydrogen-bond donors (Lipinski definition) is 1. The third-order valence-electron chi connectivity index (χ3n) is 5.09. The maximum Gasteiger partial charge on any atom is 0.254 e. The number of hydrogen-bond acceptors (Lipinski definition) is 5. The van der Waals surface area contributed by atoms with Crippen LogP contribution in [0.15, 0.2) is 64.2 Å². The molecule has 0 radical (unpaired) electrons. The molecule has 6 nitrogen and oxygen atoms in total. The van der Waals surface area contributed by atoms with E-state index in [-0.39, 0.29) is 5.91 Å². The van der Waals surface area contributed by atoms with E-state index in [4.69, 9.17) is 21.1 Å². The summed E-state index contributed by atoms with van der Waals surface area (Å²) in [5, 5.41) is 6.86. The van der Waals surface area contributed by atoms with Crippen molar-refractivity contribution in [3.8, 4) is 5.75 Å². The van der Waals surface area contributed by atoms with Crippen LogP contribution in [0.1, 0.15) is 11.1 Å². The van der Waals surface area contributed by atoms with Crippen LogP contribution in [0.25, 0.3) is 10.8 Å². The van der Waals surface area contributed by atoms with Gasteiger partial charge in [-0.15, -0.1) is 0 Å². The van der Waals surface area contributed by atoms with Crippen molar-refractivity contribution in [3.63, 3.8) is 0 Å². The highest BCUT2D eigenvalue weighted by Crippen LogP contribution is 2.35. The Morgan fingerprint density at radius 2 is 1.94 bits per heavy atom. The molecule has 1 saturated heterocycles. The lowest BCUT2D eigenvalue weighted by molar-refractivity contribution is -0.123. The molecule has 0 atom stereocenters. The molecule has 0 aliphatic carbocycles. The topological polar surface area (TPSA) is 63.2 Å². The van der Waals surface area contributed by atoms with Crippen LogP contribution in [0.4, 0.5) is 0 Å². The van der Waals surface area contributed by atoms with Gasteiger partial charge in [0.05, 0.1) is 35.5 Å². The molecule has 0 bridgehead atoms. The van der Waals surface area contributed by atoms with Gasteiger partial charge in [0.1, 0.15) is 6.61 Å². The minimum atomic E-state index is -0.163. The Bertz CT molecular complexity index is 1110. The lowest BCUT2D eigenvalue weighted by Crippen LogP contribution is -2.42. The van der Waals surface area contributed by atoms with Crippen molar-refractivity contribution in [2.24, 2.45) is 5.10 Å². The molecule has 0 unspecified atom stereocenters. The lowest BCUT2D eigenvalue weighted by atomic mass is 10.1. The van der Waals surface area contributed by atoms with Gasteiger partial charge in [0.25, 0.3) is 5.91 Å². The zero-order chi connectivity index (χ0) is 22.3. The molecule has 166 valence electrons. The monoisotopic (exact) mass is 515 g/mol. The van der Waals surface area contributed by atoms with Gasteiger partial charge in [-0.25, -0.2) is 5.43 Å². The van der Waals surface area contributed by atoms with Crippen LogP contribution in [-0.2, 0) is 16.1 Å². The molecule has 8 heteroatoms. The molecule has 3 aromatic carbocycles. The number of nitrogens with one attached hydrogen (secondary N) is 1. The number of carbonyl (C=O) groups excluding carboxylic acids is 1. The minimum Gasteiger partial charge on any atom is -0.486 e. The first-order valence-electron chi connectivity index (χ1n) is 10.3. The predicted octanol–water partition coefficient (Wildman–Crippen LogP) is 4.62. The van der Waals surface area contributed by atoms with Crippen LogP contribution in [0.5, 0.6) is 5.75 Å². The van der Waals surface area contributed by atoms with Crippen LogP contribution < -0.4 is 10.2 Å². The maximum atomic E-state index is 12.0. The molecular weight excluding hydrogens is 494 g/mol. The number of halogens is 2. The van der Waals surface area contributed by atoms with Crippen LogP contribution in [0, 0.1) is 0 Å². The SMILES string of the molecule is O=C(CN1CCOCC1)N/N=C/c1cc(Cl)c(OCc2ccc3ccccc3c2)c(Br)c1. The number of amides is 1. The summed E-state index contributed by atoms with van der Waals surface area (Å²) < 4.78 is 12.0. The fourth-order valence-corrected chi connectivity index (χ4v) is 4.44. The second kappa shape index (κ2) is 10.9. The van der Waals surface area contributed by atoms with Gasteiger partial charge < -0.3 is 9.47 Å². The average molecular weight is 517 g/mol. The Hall–Kier alpha value is -2.45. The first-order valence-corrected chi connectivity index (χ1v) is 11.5. The maximum absolute atomic E-state index is 12.0. The first-order chi connectivity index (χ1) is 15.6. The summed E-state index contributed by atoms with van der Waals surface area (Å²) in [4.78, 5) is 14.1. The van der Waals surface area contributed by atoms with Crippen LogP contribution in [-0.4, -0.2) is 49.9 Å².